The molecular weight excluding hydrogens is 318 g/mol. The Hall–Kier alpha value is -2.37. The molecule has 132 valence electrons. The fourth-order valence-electron chi connectivity index (χ4n) is 3.63. The predicted octanol–water partition coefficient (Wildman–Crippen LogP) is 2.78. The van der Waals surface area contributed by atoms with Gasteiger partial charge < -0.3 is 14.6 Å². The number of nitrogens with one attached hydrogen (secondary N) is 1. The molecule has 1 aliphatic carbocycles. The first-order valence-corrected chi connectivity index (χ1v) is 9.14. The fraction of sp³-hybridized carbons (Fsp3) is 0.526. The summed E-state index contributed by atoms with van der Waals surface area (Å²) in [4.78, 5) is 16.8. The Morgan fingerprint density at radius 2 is 2.04 bits per heavy atom. The number of fused-ring (bicyclic) bond motifs is 1. The predicted molar refractivity (Wildman–Crippen MR) is 91.4 cm³/mol. The van der Waals surface area contributed by atoms with Crippen LogP contribution in [0.25, 0.3) is 0 Å². The molecule has 1 N–H and O–H groups in total. The maximum Gasteiger partial charge on any atom is 0.261 e. The molecule has 1 fully saturated rings. The quantitative estimate of drug-likeness (QED) is 0.905. The van der Waals surface area contributed by atoms with Crippen LogP contribution in [0, 0.1) is 0 Å². The third-order valence-electron chi connectivity index (χ3n) is 5.05. The van der Waals surface area contributed by atoms with Crippen LogP contribution in [0.3, 0.4) is 0 Å². The van der Waals surface area contributed by atoms with Gasteiger partial charge in [-0.15, -0.1) is 0 Å². The molecule has 1 unspecified atom stereocenters. The zero-order valence-electron chi connectivity index (χ0n) is 14.2. The number of hydrogen-bond acceptors (Lipinski definition) is 5. The van der Waals surface area contributed by atoms with Gasteiger partial charge in [-0.1, -0.05) is 36.2 Å². The molecule has 1 aromatic heterocycles. The van der Waals surface area contributed by atoms with Gasteiger partial charge in [-0.25, -0.2) is 0 Å². The molecule has 1 aliphatic heterocycles. The summed E-state index contributed by atoms with van der Waals surface area (Å²) in [5, 5.41) is 6.96. The summed E-state index contributed by atoms with van der Waals surface area (Å²) in [7, 11) is 0. The summed E-state index contributed by atoms with van der Waals surface area (Å²) >= 11 is 0. The highest BCUT2D eigenvalue weighted by Gasteiger charge is 2.26. The average Bonchev–Trinajstić information content (AvgIpc) is 3.32. The van der Waals surface area contributed by atoms with Crippen molar-refractivity contribution in [2.75, 3.05) is 6.54 Å². The van der Waals surface area contributed by atoms with E-state index in [4.69, 9.17) is 9.26 Å². The standard InChI is InChI=1S/C19H23N3O3/c23-18(16-10-9-13-5-3-4-8-15(13)24-16)20-12-11-17-21-19(25-22-17)14-6-1-2-7-14/h3-5,8,14,16H,1-2,6-7,9-12H2,(H,20,23). The Balaban J connectivity index is 1.25. The first-order chi connectivity index (χ1) is 12.3. The highest BCUT2D eigenvalue weighted by molar-refractivity contribution is 5.81. The molecule has 1 aromatic carbocycles. The highest BCUT2D eigenvalue weighted by atomic mass is 16.5. The largest absolute Gasteiger partial charge is 0.480 e. The SMILES string of the molecule is O=C(NCCc1noc(C2CCCC2)n1)C1CCc2ccccc2O1. The second kappa shape index (κ2) is 7.25. The van der Waals surface area contributed by atoms with Crippen molar-refractivity contribution in [3.8, 4) is 5.75 Å². The summed E-state index contributed by atoms with van der Waals surface area (Å²) in [5.41, 5.74) is 1.16. The monoisotopic (exact) mass is 341 g/mol. The minimum atomic E-state index is -0.422. The summed E-state index contributed by atoms with van der Waals surface area (Å²) in [6.07, 6.45) is 6.48. The smallest absolute Gasteiger partial charge is 0.261 e. The van der Waals surface area contributed by atoms with Crippen molar-refractivity contribution in [2.24, 2.45) is 0 Å². The van der Waals surface area contributed by atoms with Gasteiger partial charge in [0, 0.05) is 18.9 Å². The van der Waals surface area contributed by atoms with Gasteiger partial charge in [0.25, 0.3) is 5.91 Å². The maximum atomic E-state index is 12.3. The van der Waals surface area contributed by atoms with Gasteiger partial charge in [-0.2, -0.15) is 4.98 Å². The van der Waals surface area contributed by atoms with E-state index in [0.29, 0.717) is 31.1 Å². The van der Waals surface area contributed by atoms with Crippen LogP contribution >= 0.6 is 0 Å². The van der Waals surface area contributed by atoms with Gasteiger partial charge in [0.05, 0.1) is 0 Å². The Kier molecular flexibility index (Phi) is 4.68. The van der Waals surface area contributed by atoms with Crippen LogP contribution in [0.4, 0.5) is 0 Å². The van der Waals surface area contributed by atoms with Crippen molar-refractivity contribution in [2.45, 2.75) is 57.0 Å². The Morgan fingerprint density at radius 1 is 1.20 bits per heavy atom. The van der Waals surface area contributed by atoms with Crippen LogP contribution in [-0.4, -0.2) is 28.7 Å². The van der Waals surface area contributed by atoms with Crippen molar-refractivity contribution < 1.29 is 14.1 Å². The molecule has 0 radical (unpaired) electrons. The molecule has 4 rings (SSSR count). The van der Waals surface area contributed by atoms with Crippen LogP contribution in [0.15, 0.2) is 28.8 Å². The molecule has 2 heterocycles. The second-order valence-corrected chi connectivity index (χ2v) is 6.82. The summed E-state index contributed by atoms with van der Waals surface area (Å²) in [6, 6.07) is 7.88. The lowest BCUT2D eigenvalue weighted by molar-refractivity contribution is -0.128. The number of aromatic nitrogens is 2. The topological polar surface area (TPSA) is 77.3 Å². The third-order valence-corrected chi connectivity index (χ3v) is 5.05. The molecule has 1 saturated carbocycles. The molecule has 0 spiro atoms. The Bertz CT molecular complexity index is 737. The van der Waals surface area contributed by atoms with E-state index >= 15 is 0 Å². The molecule has 1 atom stereocenters. The van der Waals surface area contributed by atoms with Crippen molar-refractivity contribution >= 4 is 5.91 Å². The van der Waals surface area contributed by atoms with Crippen LogP contribution in [0.2, 0.25) is 0 Å². The molecule has 6 nitrogen and oxygen atoms in total. The van der Waals surface area contributed by atoms with Gasteiger partial charge in [0.2, 0.25) is 5.89 Å². The van der Waals surface area contributed by atoms with Crippen LogP contribution < -0.4 is 10.1 Å². The number of para-hydroxylation sites is 1. The Morgan fingerprint density at radius 3 is 2.92 bits per heavy atom. The lowest BCUT2D eigenvalue weighted by Crippen LogP contribution is -2.41. The number of nitrogens with zero attached hydrogens (tertiary/aromatic N) is 2. The van der Waals surface area contributed by atoms with E-state index in [1.54, 1.807) is 0 Å². The number of ether oxygens (including phenoxy) is 1. The van der Waals surface area contributed by atoms with Crippen molar-refractivity contribution in [1.82, 2.24) is 15.5 Å². The molecule has 0 bridgehead atoms. The van der Waals surface area contributed by atoms with Crippen molar-refractivity contribution in [1.29, 1.82) is 0 Å². The van der Waals surface area contributed by atoms with Crippen LogP contribution in [0.5, 0.6) is 5.75 Å². The number of benzene rings is 1. The summed E-state index contributed by atoms with van der Waals surface area (Å²) < 4.78 is 11.2. The molecule has 6 heteroatoms. The summed E-state index contributed by atoms with van der Waals surface area (Å²) in [6.45, 7) is 0.490. The number of carbonyl (C=O) groups excluding carboxylic acids is 1. The van der Waals surface area contributed by atoms with E-state index in [1.165, 1.54) is 12.8 Å². The third kappa shape index (κ3) is 3.67. The van der Waals surface area contributed by atoms with Gasteiger partial charge in [-0.05, 0) is 37.3 Å². The van der Waals surface area contributed by atoms with E-state index in [1.807, 2.05) is 24.3 Å². The van der Waals surface area contributed by atoms with Crippen LogP contribution in [0.1, 0.15) is 55.3 Å². The zero-order valence-corrected chi connectivity index (χ0v) is 14.2. The average molecular weight is 341 g/mol. The Labute approximate surface area is 147 Å². The number of hydrogen-bond donors (Lipinski definition) is 1. The maximum absolute atomic E-state index is 12.3. The number of rotatable bonds is 5. The van der Waals surface area contributed by atoms with Crippen molar-refractivity contribution in [3.05, 3.63) is 41.5 Å². The number of amides is 1. The minimum Gasteiger partial charge on any atom is -0.480 e. The molecule has 25 heavy (non-hydrogen) atoms. The van der Waals surface area contributed by atoms with Gasteiger partial charge >= 0.3 is 0 Å². The van der Waals surface area contributed by atoms with Gasteiger partial charge in [0.15, 0.2) is 11.9 Å². The number of aryl methyl sites for hydroxylation is 1. The normalized spacial score (nSPS) is 20.1. The fourth-order valence-corrected chi connectivity index (χ4v) is 3.63. The van der Waals surface area contributed by atoms with Crippen molar-refractivity contribution in [3.63, 3.8) is 0 Å². The van der Waals surface area contributed by atoms with Gasteiger partial charge in [0.1, 0.15) is 5.75 Å². The molecule has 1 amide bonds. The molecule has 0 saturated heterocycles. The molecule has 2 aliphatic rings. The highest BCUT2D eigenvalue weighted by Crippen LogP contribution is 2.32. The first-order valence-electron chi connectivity index (χ1n) is 9.14. The van der Waals surface area contributed by atoms with E-state index in [-0.39, 0.29) is 5.91 Å². The molecular formula is C19H23N3O3. The zero-order chi connectivity index (χ0) is 17.1. The van der Waals surface area contributed by atoms with E-state index in [2.05, 4.69) is 15.5 Å². The first kappa shape index (κ1) is 16.1. The van der Waals surface area contributed by atoms with Gasteiger partial charge in [-0.3, -0.25) is 4.79 Å². The lowest BCUT2D eigenvalue weighted by atomic mass is 10.0. The van der Waals surface area contributed by atoms with Crippen LogP contribution in [-0.2, 0) is 17.6 Å². The lowest BCUT2D eigenvalue weighted by Gasteiger charge is -2.25. The van der Waals surface area contributed by atoms with E-state index in [9.17, 15) is 4.79 Å². The minimum absolute atomic E-state index is 0.0750. The molecule has 2 aromatic rings. The number of carbonyl (C=O) groups is 1. The second-order valence-electron chi connectivity index (χ2n) is 6.82. The van der Waals surface area contributed by atoms with E-state index in [0.717, 1.165) is 36.5 Å². The van der Waals surface area contributed by atoms with E-state index < -0.39 is 6.10 Å². The summed E-state index contributed by atoms with van der Waals surface area (Å²) in [5.74, 6) is 2.58.